The fourth-order valence-corrected chi connectivity index (χ4v) is 3.02. The normalized spacial score (nSPS) is 17.4. The molecular weight excluding hydrogens is 318 g/mol. The third-order valence-electron chi connectivity index (χ3n) is 4.35. The van der Waals surface area contributed by atoms with E-state index in [1.807, 2.05) is 6.07 Å². The van der Waals surface area contributed by atoms with Crippen LogP contribution in [0.2, 0.25) is 0 Å². The third-order valence-corrected chi connectivity index (χ3v) is 4.35. The summed E-state index contributed by atoms with van der Waals surface area (Å²) in [5, 5.41) is 2.60. The van der Waals surface area contributed by atoms with E-state index in [-0.39, 0.29) is 12.3 Å². The molecule has 0 spiro atoms. The van der Waals surface area contributed by atoms with Crippen LogP contribution in [0.5, 0.6) is 5.88 Å². The van der Waals surface area contributed by atoms with Crippen LogP contribution < -0.4 is 4.74 Å². The van der Waals surface area contributed by atoms with Crippen LogP contribution in [0.3, 0.4) is 0 Å². The predicted octanol–water partition coefficient (Wildman–Crippen LogP) is 2.93. The van der Waals surface area contributed by atoms with Crippen LogP contribution in [0.15, 0.2) is 53.8 Å². The molecular formula is C19H21N3O3. The zero-order valence-corrected chi connectivity index (χ0v) is 14.0. The highest BCUT2D eigenvalue weighted by Gasteiger charge is 2.23. The standard InChI is InChI=1S/C19H21N3O3/c23-18(11-21-24)17-6-7-19(20-10-17)25-14-16-8-9-22(13-16)12-15-4-2-1-3-5-15/h1-7,10,16H,8-9,11-14H2. The second-order valence-corrected chi connectivity index (χ2v) is 6.28. The van der Waals surface area contributed by atoms with Crippen molar-refractivity contribution in [2.45, 2.75) is 13.0 Å². The number of pyridine rings is 1. The zero-order chi connectivity index (χ0) is 17.5. The Hall–Kier alpha value is -2.60. The van der Waals surface area contributed by atoms with Crippen molar-refractivity contribution in [1.82, 2.24) is 9.88 Å². The van der Waals surface area contributed by atoms with Gasteiger partial charge in [0.25, 0.3) is 0 Å². The highest BCUT2D eigenvalue weighted by Crippen LogP contribution is 2.20. The summed E-state index contributed by atoms with van der Waals surface area (Å²) in [5.41, 5.74) is 1.71. The number of ether oxygens (including phenoxy) is 1. The van der Waals surface area contributed by atoms with Crippen LogP contribution in [0.1, 0.15) is 22.3 Å². The number of rotatable bonds is 8. The molecule has 2 heterocycles. The van der Waals surface area contributed by atoms with Crippen LogP contribution in [0.25, 0.3) is 0 Å². The first-order valence-corrected chi connectivity index (χ1v) is 8.42. The van der Waals surface area contributed by atoms with E-state index in [2.05, 4.69) is 39.3 Å². The van der Waals surface area contributed by atoms with E-state index in [0.29, 0.717) is 24.0 Å². The molecule has 25 heavy (non-hydrogen) atoms. The molecule has 0 saturated carbocycles. The van der Waals surface area contributed by atoms with Crippen molar-refractivity contribution in [3.8, 4) is 5.88 Å². The van der Waals surface area contributed by atoms with Crippen molar-refractivity contribution in [3.63, 3.8) is 0 Å². The van der Waals surface area contributed by atoms with Crippen LogP contribution in [-0.2, 0) is 6.54 Å². The summed E-state index contributed by atoms with van der Waals surface area (Å²) in [6.07, 6.45) is 2.54. The number of hydrogen-bond donors (Lipinski definition) is 0. The molecule has 1 aromatic carbocycles. The number of Topliss-reactive ketones (excluding diaryl/α,β-unsaturated/α-hetero) is 1. The SMILES string of the molecule is O=NCC(=O)c1ccc(OCC2CCN(Cc3ccccc3)C2)nc1. The van der Waals surface area contributed by atoms with Gasteiger partial charge in [0.2, 0.25) is 5.88 Å². The number of benzene rings is 1. The van der Waals surface area contributed by atoms with Gasteiger partial charge in [-0.15, -0.1) is 0 Å². The van der Waals surface area contributed by atoms with Gasteiger partial charge >= 0.3 is 0 Å². The van der Waals surface area contributed by atoms with E-state index in [1.54, 1.807) is 12.1 Å². The van der Waals surface area contributed by atoms with E-state index < -0.39 is 0 Å². The minimum Gasteiger partial charge on any atom is -0.477 e. The van der Waals surface area contributed by atoms with Crippen molar-refractivity contribution < 1.29 is 9.53 Å². The third kappa shape index (κ3) is 4.93. The highest BCUT2D eigenvalue weighted by molar-refractivity contribution is 5.97. The molecule has 1 saturated heterocycles. The number of likely N-dealkylation sites (tertiary alicyclic amines) is 1. The number of ketones is 1. The molecule has 3 rings (SSSR count). The van der Waals surface area contributed by atoms with Crippen LogP contribution in [0, 0.1) is 10.8 Å². The Bertz CT molecular complexity index is 704. The monoisotopic (exact) mass is 339 g/mol. The molecule has 130 valence electrons. The fraction of sp³-hybridized carbons (Fsp3) is 0.368. The molecule has 0 amide bonds. The van der Waals surface area contributed by atoms with Crippen molar-refractivity contribution in [3.05, 3.63) is 64.7 Å². The highest BCUT2D eigenvalue weighted by atomic mass is 16.5. The van der Waals surface area contributed by atoms with Crippen molar-refractivity contribution in [1.29, 1.82) is 0 Å². The second kappa shape index (κ2) is 8.48. The lowest BCUT2D eigenvalue weighted by molar-refractivity contribution is 0.100. The molecule has 1 fully saturated rings. The molecule has 0 radical (unpaired) electrons. The number of carbonyl (C=O) groups excluding carboxylic acids is 1. The first-order chi connectivity index (χ1) is 12.2. The van der Waals surface area contributed by atoms with E-state index in [0.717, 1.165) is 26.1 Å². The number of carbonyl (C=O) groups is 1. The number of hydrogen-bond acceptors (Lipinski definition) is 6. The quantitative estimate of drug-likeness (QED) is 0.546. The van der Waals surface area contributed by atoms with Crippen molar-refractivity contribution in [2.75, 3.05) is 26.2 Å². The molecule has 2 aromatic rings. The van der Waals surface area contributed by atoms with Gasteiger partial charge in [-0.1, -0.05) is 35.5 Å². The average Bonchev–Trinajstić information content (AvgIpc) is 3.09. The van der Waals surface area contributed by atoms with E-state index >= 15 is 0 Å². The summed E-state index contributed by atoms with van der Waals surface area (Å²) in [4.78, 5) is 28.2. The lowest BCUT2D eigenvalue weighted by Gasteiger charge is -2.16. The van der Waals surface area contributed by atoms with E-state index in [1.165, 1.54) is 11.8 Å². The Kier molecular flexibility index (Phi) is 5.85. The van der Waals surface area contributed by atoms with E-state index in [9.17, 15) is 9.70 Å². The topological polar surface area (TPSA) is 71.9 Å². The van der Waals surface area contributed by atoms with Gasteiger partial charge in [-0.25, -0.2) is 4.98 Å². The minimum absolute atomic E-state index is 0.332. The molecule has 1 aliphatic heterocycles. The molecule has 0 N–H and O–H groups in total. The van der Waals surface area contributed by atoms with Crippen molar-refractivity contribution >= 4 is 5.78 Å². The first-order valence-electron chi connectivity index (χ1n) is 8.42. The van der Waals surface area contributed by atoms with Gasteiger partial charge in [-0.3, -0.25) is 9.69 Å². The maximum atomic E-state index is 11.5. The number of nitroso groups, excluding NO2 is 1. The maximum Gasteiger partial charge on any atom is 0.213 e. The van der Waals surface area contributed by atoms with Crippen LogP contribution in [-0.4, -0.2) is 41.9 Å². The van der Waals surface area contributed by atoms with Crippen LogP contribution >= 0.6 is 0 Å². The molecule has 0 aliphatic carbocycles. The fourth-order valence-electron chi connectivity index (χ4n) is 3.02. The largest absolute Gasteiger partial charge is 0.477 e. The Labute approximate surface area is 146 Å². The Morgan fingerprint density at radius 3 is 2.80 bits per heavy atom. The zero-order valence-electron chi connectivity index (χ0n) is 14.0. The van der Waals surface area contributed by atoms with Gasteiger partial charge in [-0.2, -0.15) is 4.91 Å². The lowest BCUT2D eigenvalue weighted by atomic mass is 10.1. The summed E-state index contributed by atoms with van der Waals surface area (Å²) in [6.45, 7) is 3.30. The summed E-state index contributed by atoms with van der Waals surface area (Å²) >= 11 is 0. The molecule has 6 heteroatoms. The van der Waals surface area contributed by atoms with Gasteiger partial charge in [0.15, 0.2) is 5.78 Å². The summed E-state index contributed by atoms with van der Waals surface area (Å²) in [6, 6.07) is 13.7. The van der Waals surface area contributed by atoms with Gasteiger partial charge in [0.1, 0.15) is 6.54 Å². The Balaban J connectivity index is 1.45. The van der Waals surface area contributed by atoms with Crippen LogP contribution in [0.4, 0.5) is 0 Å². The number of aromatic nitrogens is 1. The summed E-state index contributed by atoms with van der Waals surface area (Å²) in [7, 11) is 0. The molecule has 1 unspecified atom stereocenters. The minimum atomic E-state index is -0.360. The molecule has 1 atom stereocenters. The van der Waals surface area contributed by atoms with Gasteiger partial charge in [0.05, 0.1) is 6.61 Å². The van der Waals surface area contributed by atoms with E-state index in [4.69, 9.17) is 4.74 Å². The summed E-state index contributed by atoms with van der Waals surface area (Å²) in [5.74, 6) is 0.643. The van der Waals surface area contributed by atoms with Gasteiger partial charge in [-0.05, 0) is 24.6 Å². The lowest BCUT2D eigenvalue weighted by Crippen LogP contribution is -2.22. The number of nitrogens with zero attached hydrogens (tertiary/aromatic N) is 3. The van der Waals surface area contributed by atoms with Gasteiger partial charge in [0, 0.05) is 36.8 Å². The average molecular weight is 339 g/mol. The molecule has 1 aliphatic rings. The van der Waals surface area contributed by atoms with Crippen molar-refractivity contribution in [2.24, 2.45) is 11.1 Å². The Morgan fingerprint density at radius 1 is 1.24 bits per heavy atom. The summed E-state index contributed by atoms with van der Waals surface area (Å²) < 4.78 is 5.75. The smallest absolute Gasteiger partial charge is 0.213 e. The Morgan fingerprint density at radius 2 is 2.08 bits per heavy atom. The molecule has 6 nitrogen and oxygen atoms in total. The maximum absolute atomic E-state index is 11.5. The first kappa shape index (κ1) is 17.2. The van der Waals surface area contributed by atoms with Gasteiger partial charge < -0.3 is 4.74 Å². The molecule has 1 aromatic heterocycles. The molecule has 0 bridgehead atoms. The second-order valence-electron chi connectivity index (χ2n) is 6.28. The predicted molar refractivity (Wildman–Crippen MR) is 94.6 cm³/mol.